The summed E-state index contributed by atoms with van der Waals surface area (Å²) in [4.78, 5) is 23.3. The Morgan fingerprint density at radius 1 is 1.23 bits per heavy atom. The Balaban J connectivity index is 0.000000673. The van der Waals surface area contributed by atoms with E-state index < -0.39 is 4.92 Å². The molecule has 0 N–H and O–H groups in total. The summed E-state index contributed by atoms with van der Waals surface area (Å²) in [7, 11) is 0. The fourth-order valence-electron chi connectivity index (χ4n) is 2.18. The molecule has 0 saturated carbocycles. The molecule has 3 aromatic rings. The monoisotopic (exact) mass is 447 g/mol. The standard InChI is InChI=1S/C16H15N5O2S.C3H5Cl.C2H6/c1-2-3-8-20-11-19-14-15(20)17-10-18-16(14)24-9-12-4-6-13(7-5-12)21(22)23;1-2-3-4;1-2/h2-7,10-11H,8-9H2,1H3;2H,1,3H2;1-2H3/b3-2+;;. The number of halogens is 1. The predicted molar refractivity (Wildman–Crippen MR) is 125 cm³/mol. The highest BCUT2D eigenvalue weighted by Gasteiger charge is 2.11. The number of fused-ring (bicyclic) bond motifs is 1. The minimum absolute atomic E-state index is 0.0934. The molecule has 0 aliphatic carbocycles. The maximum absolute atomic E-state index is 10.7. The van der Waals surface area contributed by atoms with Crippen LogP contribution in [0.2, 0.25) is 0 Å². The minimum atomic E-state index is -0.401. The average molecular weight is 448 g/mol. The lowest BCUT2D eigenvalue weighted by Gasteiger charge is -2.03. The molecule has 30 heavy (non-hydrogen) atoms. The van der Waals surface area contributed by atoms with Gasteiger partial charge in [-0.15, -0.1) is 18.2 Å². The largest absolute Gasteiger partial charge is 0.311 e. The van der Waals surface area contributed by atoms with Gasteiger partial charge in [0.1, 0.15) is 16.9 Å². The molecule has 0 spiro atoms. The van der Waals surface area contributed by atoms with Gasteiger partial charge in [-0.3, -0.25) is 10.1 Å². The van der Waals surface area contributed by atoms with Crippen LogP contribution in [0.1, 0.15) is 26.3 Å². The summed E-state index contributed by atoms with van der Waals surface area (Å²) in [5.41, 5.74) is 2.66. The van der Waals surface area contributed by atoms with Crippen LogP contribution in [0, 0.1) is 10.1 Å². The maximum Gasteiger partial charge on any atom is 0.269 e. The zero-order valence-electron chi connectivity index (χ0n) is 17.4. The number of non-ortho nitro benzene ring substituents is 1. The first-order valence-electron chi connectivity index (χ1n) is 9.40. The molecule has 0 aliphatic rings. The van der Waals surface area contributed by atoms with E-state index in [4.69, 9.17) is 11.6 Å². The van der Waals surface area contributed by atoms with Gasteiger partial charge < -0.3 is 4.57 Å². The first-order chi connectivity index (χ1) is 14.6. The second-order valence-electron chi connectivity index (χ2n) is 5.47. The minimum Gasteiger partial charge on any atom is -0.311 e. The molecule has 3 rings (SSSR count). The van der Waals surface area contributed by atoms with Crippen LogP contribution in [-0.2, 0) is 12.3 Å². The highest BCUT2D eigenvalue weighted by molar-refractivity contribution is 7.98. The number of thioether (sulfide) groups is 1. The third kappa shape index (κ3) is 7.61. The zero-order chi connectivity index (χ0) is 22.4. The van der Waals surface area contributed by atoms with E-state index in [9.17, 15) is 10.1 Å². The third-order valence-electron chi connectivity index (χ3n) is 3.54. The van der Waals surface area contributed by atoms with Crippen LogP contribution in [0.3, 0.4) is 0 Å². The SMILES string of the molecule is C/C=C/Cn1cnc2c(SCc3ccc([N+](=O)[O-])cc3)ncnc21.C=CCCl.CC. The van der Waals surface area contributed by atoms with E-state index in [2.05, 4.69) is 21.5 Å². The van der Waals surface area contributed by atoms with Crippen LogP contribution in [-0.4, -0.2) is 30.3 Å². The molecule has 0 saturated heterocycles. The van der Waals surface area contributed by atoms with Crippen molar-refractivity contribution >= 4 is 40.2 Å². The van der Waals surface area contributed by atoms with Crippen molar-refractivity contribution in [2.45, 2.75) is 38.1 Å². The van der Waals surface area contributed by atoms with Gasteiger partial charge in [0.15, 0.2) is 5.65 Å². The summed E-state index contributed by atoms with van der Waals surface area (Å²) in [6.45, 7) is 10.0. The number of nitrogens with zero attached hydrogens (tertiary/aromatic N) is 5. The van der Waals surface area contributed by atoms with Crippen molar-refractivity contribution < 1.29 is 4.92 Å². The Morgan fingerprint density at radius 2 is 1.90 bits per heavy atom. The van der Waals surface area contributed by atoms with Crippen LogP contribution >= 0.6 is 23.4 Å². The van der Waals surface area contributed by atoms with E-state index in [1.807, 2.05) is 37.5 Å². The lowest BCUT2D eigenvalue weighted by molar-refractivity contribution is -0.384. The number of benzene rings is 1. The van der Waals surface area contributed by atoms with E-state index in [0.717, 1.165) is 28.3 Å². The Morgan fingerprint density at radius 3 is 2.47 bits per heavy atom. The van der Waals surface area contributed by atoms with Crippen molar-refractivity contribution in [2.24, 2.45) is 0 Å². The van der Waals surface area contributed by atoms with E-state index >= 15 is 0 Å². The molecule has 1 aromatic carbocycles. The van der Waals surface area contributed by atoms with Crippen molar-refractivity contribution in [1.82, 2.24) is 19.5 Å². The van der Waals surface area contributed by atoms with Crippen LogP contribution < -0.4 is 0 Å². The molecule has 0 amide bonds. The number of rotatable bonds is 7. The van der Waals surface area contributed by atoms with E-state index in [1.54, 1.807) is 24.5 Å². The van der Waals surface area contributed by atoms with Crippen LogP contribution in [0.5, 0.6) is 0 Å². The molecular weight excluding hydrogens is 422 g/mol. The number of nitro groups is 1. The van der Waals surface area contributed by atoms with Crippen molar-refractivity contribution in [2.75, 3.05) is 5.88 Å². The van der Waals surface area contributed by atoms with Gasteiger partial charge >= 0.3 is 0 Å². The molecule has 2 heterocycles. The second kappa shape index (κ2) is 14.3. The van der Waals surface area contributed by atoms with Gasteiger partial charge in [0, 0.05) is 30.3 Å². The first-order valence-corrected chi connectivity index (χ1v) is 10.9. The van der Waals surface area contributed by atoms with Crippen molar-refractivity contribution in [1.29, 1.82) is 0 Å². The molecule has 0 radical (unpaired) electrons. The topological polar surface area (TPSA) is 86.7 Å². The molecular formula is C21H26ClN5O2S. The lowest BCUT2D eigenvalue weighted by Crippen LogP contribution is -1.95. The molecule has 0 unspecified atom stereocenters. The molecule has 160 valence electrons. The number of nitro benzene ring substituents is 1. The zero-order valence-corrected chi connectivity index (χ0v) is 18.9. The number of imidazole rings is 1. The predicted octanol–water partition coefficient (Wildman–Crippen LogP) is 6.04. The second-order valence-corrected chi connectivity index (χ2v) is 6.74. The number of alkyl halides is 1. The van der Waals surface area contributed by atoms with Gasteiger partial charge in [-0.1, -0.05) is 56.0 Å². The van der Waals surface area contributed by atoms with Gasteiger partial charge in [0.05, 0.1) is 11.3 Å². The Kier molecular flexibility index (Phi) is 12.1. The molecule has 2 aromatic heterocycles. The van der Waals surface area contributed by atoms with Crippen LogP contribution in [0.4, 0.5) is 5.69 Å². The molecule has 7 nitrogen and oxygen atoms in total. The smallest absolute Gasteiger partial charge is 0.269 e. The van der Waals surface area contributed by atoms with Crippen molar-refractivity contribution in [3.8, 4) is 0 Å². The van der Waals surface area contributed by atoms with Gasteiger partial charge in [0.2, 0.25) is 0 Å². The highest BCUT2D eigenvalue weighted by atomic mass is 35.5. The summed E-state index contributed by atoms with van der Waals surface area (Å²) in [6.07, 6.45) is 8.95. The number of aromatic nitrogens is 4. The van der Waals surface area contributed by atoms with Gasteiger partial charge in [-0.25, -0.2) is 15.0 Å². The number of allylic oxidation sites excluding steroid dienone is 3. The van der Waals surface area contributed by atoms with Crippen LogP contribution in [0.15, 0.2) is 66.8 Å². The fourth-order valence-corrected chi connectivity index (χ4v) is 3.08. The van der Waals surface area contributed by atoms with Crippen molar-refractivity contribution in [3.05, 3.63) is 77.4 Å². The van der Waals surface area contributed by atoms with E-state index in [1.165, 1.54) is 30.2 Å². The van der Waals surface area contributed by atoms with Gasteiger partial charge in [0.25, 0.3) is 5.69 Å². The molecule has 0 aliphatic heterocycles. The summed E-state index contributed by atoms with van der Waals surface area (Å²) in [5, 5.41) is 11.5. The summed E-state index contributed by atoms with van der Waals surface area (Å²) in [6, 6.07) is 6.54. The number of hydrogen-bond donors (Lipinski definition) is 0. The summed E-state index contributed by atoms with van der Waals surface area (Å²) < 4.78 is 1.97. The maximum atomic E-state index is 10.7. The van der Waals surface area contributed by atoms with Crippen molar-refractivity contribution in [3.63, 3.8) is 0 Å². The molecule has 0 fully saturated rings. The van der Waals surface area contributed by atoms with Crippen LogP contribution in [0.25, 0.3) is 11.2 Å². The summed E-state index contributed by atoms with van der Waals surface area (Å²) in [5.74, 6) is 1.21. The molecule has 0 atom stereocenters. The average Bonchev–Trinajstić information content (AvgIpc) is 3.21. The third-order valence-corrected chi connectivity index (χ3v) is 4.81. The molecule has 0 bridgehead atoms. The fraction of sp³-hybridized carbons (Fsp3) is 0.286. The number of hydrogen-bond acceptors (Lipinski definition) is 6. The first kappa shape index (κ1) is 25.3. The van der Waals surface area contributed by atoms with Gasteiger partial charge in [-0.05, 0) is 12.5 Å². The Labute approximate surface area is 186 Å². The quantitative estimate of drug-likeness (QED) is 0.109. The van der Waals surface area contributed by atoms with E-state index in [0.29, 0.717) is 11.6 Å². The Bertz CT molecular complexity index is 958. The van der Waals surface area contributed by atoms with Gasteiger partial charge in [-0.2, -0.15) is 0 Å². The van der Waals surface area contributed by atoms with E-state index in [-0.39, 0.29) is 5.69 Å². The Hall–Kier alpha value is -2.71. The lowest BCUT2D eigenvalue weighted by atomic mass is 10.2. The normalized spacial score (nSPS) is 10.1. The summed E-state index contributed by atoms with van der Waals surface area (Å²) >= 11 is 6.61. The highest BCUT2D eigenvalue weighted by Crippen LogP contribution is 2.27. The molecule has 9 heteroatoms.